The average Bonchev–Trinajstić information content (AvgIpc) is 2.82. The highest BCUT2D eigenvalue weighted by Crippen LogP contribution is 2.33. The zero-order valence-electron chi connectivity index (χ0n) is 11.0. The van der Waals surface area contributed by atoms with Gasteiger partial charge >= 0.3 is 0 Å². The molecule has 2 heterocycles. The van der Waals surface area contributed by atoms with Crippen molar-refractivity contribution in [1.29, 1.82) is 0 Å². The van der Waals surface area contributed by atoms with Crippen molar-refractivity contribution >= 4 is 22.7 Å². The van der Waals surface area contributed by atoms with Crippen molar-refractivity contribution in [3.63, 3.8) is 0 Å². The van der Waals surface area contributed by atoms with Crippen LogP contribution in [-0.4, -0.2) is 16.8 Å². The number of carbonyl (C=O) groups is 2. The van der Waals surface area contributed by atoms with Gasteiger partial charge in [0.25, 0.3) is 11.8 Å². The van der Waals surface area contributed by atoms with E-state index in [1.807, 2.05) is 36.4 Å². The molecular weight excluding hydrogens is 264 g/mol. The molecule has 4 nitrogen and oxygen atoms in total. The minimum absolute atomic E-state index is 0.338. The SMILES string of the molecule is O=C1NC(=O)c2c1cccc2-c1ccnc2ccccc12. The van der Waals surface area contributed by atoms with Gasteiger partial charge in [0, 0.05) is 11.6 Å². The van der Waals surface area contributed by atoms with Crippen LogP contribution >= 0.6 is 0 Å². The molecule has 0 saturated carbocycles. The van der Waals surface area contributed by atoms with E-state index in [9.17, 15) is 9.59 Å². The van der Waals surface area contributed by atoms with Crippen LogP contribution in [0.3, 0.4) is 0 Å². The van der Waals surface area contributed by atoms with Gasteiger partial charge in [0.2, 0.25) is 0 Å². The van der Waals surface area contributed by atoms with Crippen LogP contribution in [0.5, 0.6) is 0 Å². The molecule has 0 atom stereocenters. The first-order chi connectivity index (χ1) is 10.3. The summed E-state index contributed by atoms with van der Waals surface area (Å²) < 4.78 is 0. The Morgan fingerprint density at radius 2 is 1.57 bits per heavy atom. The summed E-state index contributed by atoms with van der Waals surface area (Å²) in [6.07, 6.45) is 1.71. The van der Waals surface area contributed by atoms with E-state index in [1.165, 1.54) is 0 Å². The standard InChI is InChI=1S/C17H10N2O2/c20-16-13-6-3-5-12(15(13)17(21)19-16)10-8-9-18-14-7-2-1-4-11(10)14/h1-9H,(H,19,20,21). The van der Waals surface area contributed by atoms with E-state index in [0.29, 0.717) is 11.1 Å². The van der Waals surface area contributed by atoms with Gasteiger partial charge < -0.3 is 0 Å². The minimum Gasteiger partial charge on any atom is -0.288 e. The quantitative estimate of drug-likeness (QED) is 0.694. The first-order valence-corrected chi connectivity index (χ1v) is 6.58. The number of pyridine rings is 1. The molecule has 0 radical (unpaired) electrons. The zero-order valence-corrected chi connectivity index (χ0v) is 11.0. The molecule has 1 aromatic heterocycles. The first kappa shape index (κ1) is 11.8. The van der Waals surface area contributed by atoms with Gasteiger partial charge in [0.05, 0.1) is 16.6 Å². The number of amides is 2. The summed E-state index contributed by atoms with van der Waals surface area (Å²) in [6, 6.07) is 14.9. The van der Waals surface area contributed by atoms with Gasteiger partial charge in [-0.15, -0.1) is 0 Å². The second kappa shape index (κ2) is 4.24. The van der Waals surface area contributed by atoms with Crippen molar-refractivity contribution in [2.75, 3.05) is 0 Å². The summed E-state index contributed by atoms with van der Waals surface area (Å²) in [7, 11) is 0. The molecule has 0 bridgehead atoms. The summed E-state index contributed by atoms with van der Waals surface area (Å²) in [5.74, 6) is -0.679. The van der Waals surface area contributed by atoms with Crippen molar-refractivity contribution in [3.8, 4) is 11.1 Å². The highest BCUT2D eigenvalue weighted by molar-refractivity contribution is 6.24. The van der Waals surface area contributed by atoms with Crippen LogP contribution in [0.15, 0.2) is 54.7 Å². The molecular formula is C17H10N2O2. The van der Waals surface area contributed by atoms with Crippen LogP contribution in [0, 0.1) is 0 Å². The van der Waals surface area contributed by atoms with E-state index in [4.69, 9.17) is 0 Å². The molecule has 0 fully saturated rings. The van der Waals surface area contributed by atoms with Gasteiger partial charge in [-0.3, -0.25) is 19.9 Å². The van der Waals surface area contributed by atoms with Crippen LogP contribution in [-0.2, 0) is 0 Å². The van der Waals surface area contributed by atoms with Crippen molar-refractivity contribution in [1.82, 2.24) is 10.3 Å². The van der Waals surface area contributed by atoms with Gasteiger partial charge in [-0.1, -0.05) is 30.3 Å². The number of rotatable bonds is 1. The lowest BCUT2D eigenvalue weighted by Crippen LogP contribution is -2.20. The number of aromatic nitrogens is 1. The molecule has 2 aromatic carbocycles. The second-order valence-corrected chi connectivity index (χ2v) is 4.89. The fourth-order valence-electron chi connectivity index (χ4n) is 2.77. The summed E-state index contributed by atoms with van der Waals surface area (Å²) in [4.78, 5) is 28.2. The Labute approximate surface area is 120 Å². The fraction of sp³-hybridized carbons (Fsp3) is 0. The summed E-state index contributed by atoms with van der Waals surface area (Å²) >= 11 is 0. The molecule has 1 aliphatic heterocycles. The van der Waals surface area contributed by atoms with E-state index in [2.05, 4.69) is 10.3 Å². The number of nitrogens with one attached hydrogen (secondary N) is 1. The lowest BCUT2D eigenvalue weighted by atomic mass is 9.94. The predicted molar refractivity (Wildman–Crippen MR) is 79.0 cm³/mol. The summed E-state index contributed by atoms with van der Waals surface area (Å²) in [5.41, 5.74) is 3.39. The third-order valence-corrected chi connectivity index (χ3v) is 3.70. The molecule has 100 valence electrons. The van der Waals surface area contributed by atoms with E-state index in [0.717, 1.165) is 22.0 Å². The largest absolute Gasteiger partial charge is 0.288 e. The van der Waals surface area contributed by atoms with E-state index in [1.54, 1.807) is 18.3 Å². The number of hydrogen-bond donors (Lipinski definition) is 1. The lowest BCUT2D eigenvalue weighted by molar-refractivity contribution is 0.0880. The Kier molecular flexibility index (Phi) is 2.38. The van der Waals surface area contributed by atoms with Crippen molar-refractivity contribution in [2.24, 2.45) is 0 Å². The Morgan fingerprint density at radius 3 is 2.48 bits per heavy atom. The minimum atomic E-state index is -0.341. The highest BCUT2D eigenvalue weighted by atomic mass is 16.2. The molecule has 2 amide bonds. The second-order valence-electron chi connectivity index (χ2n) is 4.89. The number of fused-ring (bicyclic) bond motifs is 2. The maximum absolute atomic E-state index is 12.1. The van der Waals surface area contributed by atoms with E-state index in [-0.39, 0.29) is 11.8 Å². The van der Waals surface area contributed by atoms with Crippen LogP contribution in [0.2, 0.25) is 0 Å². The van der Waals surface area contributed by atoms with Crippen molar-refractivity contribution < 1.29 is 9.59 Å². The molecule has 1 aliphatic rings. The first-order valence-electron chi connectivity index (χ1n) is 6.58. The molecule has 3 aromatic rings. The van der Waals surface area contributed by atoms with E-state index < -0.39 is 0 Å². The Hall–Kier alpha value is -3.01. The van der Waals surface area contributed by atoms with Crippen LogP contribution < -0.4 is 5.32 Å². The maximum atomic E-state index is 12.1. The molecule has 0 aliphatic carbocycles. The highest BCUT2D eigenvalue weighted by Gasteiger charge is 2.29. The molecule has 0 spiro atoms. The van der Waals surface area contributed by atoms with Crippen LogP contribution in [0.4, 0.5) is 0 Å². The zero-order chi connectivity index (χ0) is 14.4. The number of hydrogen-bond acceptors (Lipinski definition) is 3. The number of para-hydroxylation sites is 1. The van der Waals surface area contributed by atoms with Gasteiger partial charge in [-0.25, -0.2) is 0 Å². The van der Waals surface area contributed by atoms with Crippen LogP contribution in [0.25, 0.3) is 22.0 Å². The van der Waals surface area contributed by atoms with Gasteiger partial charge in [0.1, 0.15) is 0 Å². The molecule has 0 unspecified atom stereocenters. The van der Waals surface area contributed by atoms with E-state index >= 15 is 0 Å². The summed E-state index contributed by atoms with van der Waals surface area (Å²) in [6.45, 7) is 0. The monoisotopic (exact) mass is 274 g/mol. The lowest BCUT2D eigenvalue weighted by Gasteiger charge is -2.09. The number of benzene rings is 2. The topological polar surface area (TPSA) is 59.1 Å². The Morgan fingerprint density at radius 1 is 0.762 bits per heavy atom. The van der Waals surface area contributed by atoms with Crippen molar-refractivity contribution in [2.45, 2.75) is 0 Å². The third kappa shape index (κ3) is 1.66. The van der Waals surface area contributed by atoms with Crippen molar-refractivity contribution in [3.05, 3.63) is 65.9 Å². The van der Waals surface area contributed by atoms with Gasteiger partial charge in [-0.05, 0) is 29.3 Å². The fourth-order valence-corrected chi connectivity index (χ4v) is 2.77. The normalized spacial score (nSPS) is 13.3. The van der Waals surface area contributed by atoms with Gasteiger partial charge in [0.15, 0.2) is 0 Å². The number of imide groups is 1. The molecule has 21 heavy (non-hydrogen) atoms. The molecule has 4 heteroatoms. The summed E-state index contributed by atoms with van der Waals surface area (Å²) in [5, 5.41) is 3.31. The average molecular weight is 274 g/mol. The number of nitrogens with zero attached hydrogens (tertiary/aromatic N) is 1. The smallest absolute Gasteiger partial charge is 0.259 e. The Balaban J connectivity index is 2.08. The molecule has 0 saturated heterocycles. The predicted octanol–water partition coefficient (Wildman–Crippen LogP) is 2.79. The maximum Gasteiger partial charge on any atom is 0.259 e. The number of carbonyl (C=O) groups excluding carboxylic acids is 2. The molecule has 4 rings (SSSR count). The van der Waals surface area contributed by atoms with Gasteiger partial charge in [-0.2, -0.15) is 0 Å². The molecule has 1 N–H and O–H groups in total. The Bertz CT molecular complexity index is 910. The third-order valence-electron chi connectivity index (χ3n) is 3.70. The van der Waals surface area contributed by atoms with Crippen LogP contribution in [0.1, 0.15) is 20.7 Å².